The molecule has 1 fully saturated rings. The predicted molar refractivity (Wildman–Crippen MR) is 96.3 cm³/mol. The number of carbonyl (C=O) groups is 2. The van der Waals surface area contributed by atoms with Crippen LogP contribution < -0.4 is 5.32 Å². The van der Waals surface area contributed by atoms with Gasteiger partial charge in [-0.1, -0.05) is 42.4 Å². The van der Waals surface area contributed by atoms with Crippen molar-refractivity contribution in [3.05, 3.63) is 29.8 Å². The lowest BCUT2D eigenvalue weighted by molar-refractivity contribution is -0.124. The Morgan fingerprint density at radius 3 is 2.88 bits per heavy atom. The number of imide groups is 1. The summed E-state index contributed by atoms with van der Waals surface area (Å²) < 4.78 is 2.04. The Bertz CT molecular complexity index is 789. The summed E-state index contributed by atoms with van der Waals surface area (Å²) in [5, 5.41) is 11.9. The minimum absolute atomic E-state index is 0.170. The van der Waals surface area contributed by atoms with Gasteiger partial charge in [0.25, 0.3) is 0 Å². The highest BCUT2D eigenvalue weighted by Gasteiger charge is 2.26. The molecule has 1 aliphatic rings. The fraction of sp³-hybridized carbons (Fsp3) is 0.412. The van der Waals surface area contributed by atoms with Gasteiger partial charge in [0, 0.05) is 25.2 Å². The van der Waals surface area contributed by atoms with E-state index in [1.54, 1.807) is 0 Å². The summed E-state index contributed by atoms with van der Waals surface area (Å²) in [7, 11) is 0. The third-order valence-electron chi connectivity index (χ3n) is 3.92. The van der Waals surface area contributed by atoms with E-state index in [1.807, 2.05) is 29.7 Å². The molecule has 0 unspecified atom stereocenters. The Morgan fingerprint density at radius 2 is 2.20 bits per heavy atom. The van der Waals surface area contributed by atoms with Crippen LogP contribution in [-0.4, -0.2) is 50.4 Å². The molecule has 2 heterocycles. The summed E-state index contributed by atoms with van der Waals surface area (Å²) in [4.78, 5) is 25.0. The van der Waals surface area contributed by atoms with Crippen LogP contribution in [0, 0.1) is 6.92 Å². The molecule has 0 aliphatic carbocycles. The molecule has 3 rings (SSSR count). The van der Waals surface area contributed by atoms with E-state index in [9.17, 15) is 9.59 Å². The monoisotopic (exact) mass is 359 g/mol. The first-order valence-electron chi connectivity index (χ1n) is 8.31. The lowest BCUT2D eigenvalue weighted by atomic mass is 10.1. The van der Waals surface area contributed by atoms with E-state index in [1.165, 1.54) is 16.7 Å². The van der Waals surface area contributed by atoms with Crippen LogP contribution in [0.2, 0.25) is 0 Å². The summed E-state index contributed by atoms with van der Waals surface area (Å²) in [6.45, 7) is 5.85. The van der Waals surface area contributed by atoms with Gasteiger partial charge in [-0.15, -0.1) is 10.2 Å². The molecule has 0 saturated carbocycles. The number of aromatic nitrogens is 3. The van der Waals surface area contributed by atoms with Crippen molar-refractivity contribution in [3.8, 4) is 11.4 Å². The molecule has 132 valence electrons. The number of carbonyl (C=O) groups excluding carboxylic acids is 2. The number of aryl methyl sites for hydroxylation is 1. The lowest BCUT2D eigenvalue weighted by Crippen LogP contribution is -2.35. The summed E-state index contributed by atoms with van der Waals surface area (Å²) in [5.74, 6) is 0.769. The van der Waals surface area contributed by atoms with Crippen molar-refractivity contribution in [2.24, 2.45) is 0 Å². The number of amides is 3. The standard InChI is InChI=1S/C17H21N5O2S/c1-3-8-22-15(13-6-4-5-12(2)10-13)19-20-17(22)25-11-14(23)21-9-7-18-16(21)24/h4-6,10H,3,7-9,11H2,1-2H3,(H,18,24). The van der Waals surface area contributed by atoms with E-state index in [0.29, 0.717) is 18.2 Å². The first-order chi connectivity index (χ1) is 12.1. The fourth-order valence-electron chi connectivity index (χ4n) is 2.73. The molecular weight excluding hydrogens is 338 g/mol. The van der Waals surface area contributed by atoms with Gasteiger partial charge in [0.2, 0.25) is 5.91 Å². The highest BCUT2D eigenvalue weighted by Crippen LogP contribution is 2.25. The van der Waals surface area contributed by atoms with Crippen LogP contribution in [0.4, 0.5) is 4.79 Å². The zero-order chi connectivity index (χ0) is 17.8. The first kappa shape index (κ1) is 17.5. The topological polar surface area (TPSA) is 80.1 Å². The molecule has 0 radical (unpaired) electrons. The van der Waals surface area contributed by atoms with Gasteiger partial charge < -0.3 is 9.88 Å². The average molecular weight is 359 g/mol. The predicted octanol–water partition coefficient (Wildman–Crippen LogP) is 2.31. The zero-order valence-corrected chi connectivity index (χ0v) is 15.2. The van der Waals surface area contributed by atoms with Crippen molar-refractivity contribution in [1.82, 2.24) is 25.0 Å². The molecule has 3 amide bonds. The van der Waals surface area contributed by atoms with Crippen molar-refractivity contribution < 1.29 is 9.59 Å². The van der Waals surface area contributed by atoms with Crippen molar-refractivity contribution in [2.45, 2.75) is 32.0 Å². The van der Waals surface area contributed by atoms with E-state index < -0.39 is 0 Å². The second kappa shape index (κ2) is 7.69. The third-order valence-corrected chi connectivity index (χ3v) is 4.87. The van der Waals surface area contributed by atoms with Crippen LogP contribution in [0.25, 0.3) is 11.4 Å². The molecule has 8 heteroatoms. The number of rotatable bonds is 6. The Morgan fingerprint density at radius 1 is 1.36 bits per heavy atom. The van der Waals surface area contributed by atoms with Gasteiger partial charge in [0.1, 0.15) is 0 Å². The van der Waals surface area contributed by atoms with Gasteiger partial charge in [0.05, 0.1) is 5.75 Å². The van der Waals surface area contributed by atoms with E-state index in [4.69, 9.17) is 0 Å². The summed E-state index contributed by atoms with van der Waals surface area (Å²) in [5.41, 5.74) is 2.17. The van der Waals surface area contributed by atoms with Crippen molar-refractivity contribution >= 4 is 23.7 Å². The first-order valence-corrected chi connectivity index (χ1v) is 9.30. The maximum atomic E-state index is 12.2. The zero-order valence-electron chi connectivity index (χ0n) is 14.4. The molecule has 2 aromatic rings. The number of hydrogen-bond acceptors (Lipinski definition) is 5. The molecule has 0 bridgehead atoms. The van der Waals surface area contributed by atoms with Crippen LogP contribution in [-0.2, 0) is 11.3 Å². The van der Waals surface area contributed by atoms with Crippen LogP contribution >= 0.6 is 11.8 Å². The van der Waals surface area contributed by atoms with Crippen LogP contribution in [0.5, 0.6) is 0 Å². The molecule has 1 aliphatic heterocycles. The summed E-state index contributed by atoms with van der Waals surface area (Å²) >= 11 is 1.32. The molecule has 7 nitrogen and oxygen atoms in total. The van der Waals surface area contributed by atoms with E-state index in [0.717, 1.165) is 29.9 Å². The van der Waals surface area contributed by atoms with Gasteiger partial charge in [-0.3, -0.25) is 9.69 Å². The number of thioether (sulfide) groups is 1. The number of nitrogens with zero attached hydrogens (tertiary/aromatic N) is 4. The normalized spacial score (nSPS) is 14.0. The Labute approximate surface area is 150 Å². The van der Waals surface area contributed by atoms with Crippen molar-refractivity contribution in [1.29, 1.82) is 0 Å². The number of benzene rings is 1. The minimum Gasteiger partial charge on any atom is -0.336 e. The maximum Gasteiger partial charge on any atom is 0.324 e. The van der Waals surface area contributed by atoms with Gasteiger partial charge in [-0.25, -0.2) is 4.79 Å². The molecule has 25 heavy (non-hydrogen) atoms. The maximum absolute atomic E-state index is 12.2. The van der Waals surface area contributed by atoms with Crippen LogP contribution in [0.15, 0.2) is 29.4 Å². The van der Waals surface area contributed by atoms with Gasteiger partial charge in [-0.2, -0.15) is 0 Å². The van der Waals surface area contributed by atoms with Gasteiger partial charge >= 0.3 is 6.03 Å². The molecule has 1 aromatic carbocycles. The SMILES string of the molecule is CCCn1c(SCC(=O)N2CCNC2=O)nnc1-c1cccc(C)c1. The Kier molecular flexibility index (Phi) is 5.37. The highest BCUT2D eigenvalue weighted by atomic mass is 32.2. The lowest BCUT2D eigenvalue weighted by Gasteiger charge is -2.12. The van der Waals surface area contributed by atoms with Gasteiger partial charge in [-0.05, 0) is 19.4 Å². The van der Waals surface area contributed by atoms with E-state index >= 15 is 0 Å². The second-order valence-electron chi connectivity index (χ2n) is 5.89. The smallest absolute Gasteiger partial charge is 0.324 e. The molecule has 1 saturated heterocycles. The van der Waals surface area contributed by atoms with E-state index in [2.05, 4.69) is 28.5 Å². The molecular formula is C17H21N5O2S. The molecule has 0 spiro atoms. The van der Waals surface area contributed by atoms with Gasteiger partial charge in [0.15, 0.2) is 11.0 Å². The van der Waals surface area contributed by atoms with Crippen molar-refractivity contribution in [2.75, 3.05) is 18.8 Å². The van der Waals surface area contributed by atoms with Crippen LogP contribution in [0.1, 0.15) is 18.9 Å². The number of nitrogens with one attached hydrogen (secondary N) is 1. The highest BCUT2D eigenvalue weighted by molar-refractivity contribution is 7.99. The molecule has 1 N–H and O–H groups in total. The third kappa shape index (κ3) is 3.84. The average Bonchev–Trinajstić information content (AvgIpc) is 3.19. The number of urea groups is 1. The fourth-order valence-corrected chi connectivity index (χ4v) is 3.57. The van der Waals surface area contributed by atoms with Crippen molar-refractivity contribution in [3.63, 3.8) is 0 Å². The second-order valence-corrected chi connectivity index (χ2v) is 6.84. The minimum atomic E-state index is -0.318. The Balaban J connectivity index is 1.77. The number of hydrogen-bond donors (Lipinski definition) is 1. The quantitative estimate of drug-likeness (QED) is 0.801. The molecule has 0 atom stereocenters. The van der Waals surface area contributed by atoms with Crippen LogP contribution in [0.3, 0.4) is 0 Å². The largest absolute Gasteiger partial charge is 0.336 e. The van der Waals surface area contributed by atoms with E-state index in [-0.39, 0.29) is 17.7 Å². The molecule has 1 aromatic heterocycles. The Hall–Kier alpha value is -2.35. The summed E-state index contributed by atoms with van der Waals surface area (Å²) in [6.07, 6.45) is 0.937. The summed E-state index contributed by atoms with van der Waals surface area (Å²) in [6, 6.07) is 7.81.